The van der Waals surface area contributed by atoms with Gasteiger partial charge in [0.1, 0.15) is 5.82 Å². The van der Waals surface area contributed by atoms with Gasteiger partial charge in [-0.15, -0.1) is 0 Å². The van der Waals surface area contributed by atoms with Gasteiger partial charge in [-0.2, -0.15) is 13.2 Å². The summed E-state index contributed by atoms with van der Waals surface area (Å²) < 4.78 is 52.0. The van der Waals surface area contributed by atoms with Crippen molar-refractivity contribution < 1.29 is 27.2 Å². The summed E-state index contributed by atoms with van der Waals surface area (Å²) in [6.07, 6.45) is -4.47. The van der Waals surface area contributed by atoms with Crippen molar-refractivity contribution in [1.82, 2.24) is 10.2 Å². The molecule has 0 fully saturated rings. The van der Waals surface area contributed by atoms with Gasteiger partial charge in [-0.3, -0.25) is 9.59 Å². The molecule has 0 aliphatic carbocycles. The van der Waals surface area contributed by atoms with Crippen LogP contribution in [0.15, 0.2) is 42.5 Å². The number of nitrogens with one attached hydrogen (secondary N) is 2. The molecular weight excluding hydrogens is 450 g/mol. The fourth-order valence-corrected chi connectivity index (χ4v) is 3.17. The molecule has 0 spiro atoms. The zero-order chi connectivity index (χ0) is 23.9. The van der Waals surface area contributed by atoms with Crippen molar-refractivity contribution in [2.24, 2.45) is 0 Å². The molecule has 32 heavy (non-hydrogen) atoms. The molecule has 0 saturated heterocycles. The van der Waals surface area contributed by atoms with Crippen LogP contribution in [0, 0.1) is 5.82 Å². The third kappa shape index (κ3) is 8.12. The zero-order valence-electron chi connectivity index (χ0n) is 17.6. The first-order chi connectivity index (χ1) is 15.0. The average Bonchev–Trinajstić information content (AvgIpc) is 2.70. The normalized spacial score (nSPS) is 12.5. The van der Waals surface area contributed by atoms with E-state index >= 15 is 0 Å². The Labute approximate surface area is 188 Å². The van der Waals surface area contributed by atoms with Gasteiger partial charge in [-0.1, -0.05) is 23.7 Å². The molecule has 0 aromatic heterocycles. The van der Waals surface area contributed by atoms with Gasteiger partial charge < -0.3 is 15.5 Å². The van der Waals surface area contributed by atoms with E-state index in [2.05, 4.69) is 10.6 Å². The first kappa shape index (κ1) is 25.6. The monoisotopic (exact) mass is 473 g/mol. The standard InChI is InChI=1S/C22H24ClF4N3O2/c1-30(2)12-11-19(14-3-5-15(24)6-4-14)29-21(32)10-9-20(31)28-16-7-8-18(23)17(13-16)22(25,26)27/h3-8,13,19H,9-12H2,1-2H3,(H,28,31)(H,29,32). The molecule has 2 N–H and O–H groups in total. The quantitative estimate of drug-likeness (QED) is 0.502. The molecule has 0 saturated carbocycles. The van der Waals surface area contributed by atoms with Gasteiger partial charge in [0.25, 0.3) is 0 Å². The fourth-order valence-electron chi connectivity index (χ4n) is 2.94. The van der Waals surface area contributed by atoms with Crippen LogP contribution in [0.3, 0.4) is 0 Å². The van der Waals surface area contributed by atoms with Crippen molar-refractivity contribution in [2.75, 3.05) is 26.0 Å². The minimum Gasteiger partial charge on any atom is -0.349 e. The number of benzene rings is 2. The number of hydrogen-bond acceptors (Lipinski definition) is 3. The highest BCUT2D eigenvalue weighted by atomic mass is 35.5. The van der Waals surface area contributed by atoms with Crippen molar-refractivity contribution in [1.29, 1.82) is 0 Å². The summed E-state index contributed by atoms with van der Waals surface area (Å²) in [6, 6.07) is 8.44. The minimum absolute atomic E-state index is 0.0673. The van der Waals surface area contributed by atoms with Crippen LogP contribution in [-0.4, -0.2) is 37.4 Å². The number of halogens is 5. The predicted octanol–water partition coefficient (Wildman–Crippen LogP) is 5.03. The lowest BCUT2D eigenvalue weighted by Gasteiger charge is -2.21. The van der Waals surface area contributed by atoms with Crippen molar-refractivity contribution >= 4 is 29.1 Å². The number of amides is 2. The van der Waals surface area contributed by atoms with Crippen LogP contribution < -0.4 is 10.6 Å². The van der Waals surface area contributed by atoms with E-state index in [1.807, 2.05) is 19.0 Å². The first-order valence-electron chi connectivity index (χ1n) is 9.82. The SMILES string of the molecule is CN(C)CCC(NC(=O)CCC(=O)Nc1ccc(Cl)c(C(F)(F)F)c1)c1ccc(F)cc1. The van der Waals surface area contributed by atoms with E-state index in [0.717, 1.165) is 17.7 Å². The van der Waals surface area contributed by atoms with Gasteiger partial charge in [0.05, 0.1) is 16.6 Å². The second kappa shape index (κ2) is 11.3. The molecule has 0 aliphatic rings. The van der Waals surface area contributed by atoms with E-state index in [1.54, 1.807) is 12.1 Å². The van der Waals surface area contributed by atoms with Gasteiger partial charge in [-0.05, 0) is 63.0 Å². The summed E-state index contributed by atoms with van der Waals surface area (Å²) in [5.41, 5.74) is -0.396. The van der Waals surface area contributed by atoms with E-state index in [-0.39, 0.29) is 30.4 Å². The molecule has 10 heteroatoms. The molecule has 2 aromatic carbocycles. The van der Waals surface area contributed by atoms with Gasteiger partial charge in [0, 0.05) is 18.5 Å². The molecule has 2 aromatic rings. The molecule has 1 atom stereocenters. The molecule has 0 bridgehead atoms. The molecule has 174 valence electrons. The third-order valence-corrected chi connectivity index (χ3v) is 4.94. The lowest BCUT2D eigenvalue weighted by atomic mass is 10.0. The Morgan fingerprint density at radius 3 is 2.25 bits per heavy atom. The molecule has 0 aliphatic heterocycles. The Morgan fingerprint density at radius 2 is 1.66 bits per heavy atom. The maximum atomic E-state index is 13.2. The van der Waals surface area contributed by atoms with E-state index in [9.17, 15) is 27.2 Å². The van der Waals surface area contributed by atoms with E-state index < -0.39 is 28.6 Å². The Kier molecular flexibility index (Phi) is 9.03. The Balaban J connectivity index is 1.95. The first-order valence-corrected chi connectivity index (χ1v) is 10.2. The van der Waals surface area contributed by atoms with Gasteiger partial charge >= 0.3 is 6.18 Å². The summed E-state index contributed by atoms with van der Waals surface area (Å²) in [7, 11) is 3.77. The summed E-state index contributed by atoms with van der Waals surface area (Å²) in [4.78, 5) is 26.4. The largest absolute Gasteiger partial charge is 0.417 e. The number of alkyl halides is 3. The van der Waals surface area contributed by atoms with Gasteiger partial charge in [-0.25, -0.2) is 4.39 Å². The van der Waals surface area contributed by atoms with Crippen LogP contribution in [0.4, 0.5) is 23.2 Å². The topological polar surface area (TPSA) is 61.4 Å². The Hall–Kier alpha value is -2.65. The van der Waals surface area contributed by atoms with E-state index in [4.69, 9.17) is 11.6 Å². The summed E-state index contributed by atoms with van der Waals surface area (Å²) in [6.45, 7) is 0.668. The molecular formula is C22H24ClF4N3O2. The van der Waals surface area contributed by atoms with E-state index in [1.165, 1.54) is 18.2 Å². The van der Waals surface area contributed by atoms with Crippen LogP contribution in [0.2, 0.25) is 5.02 Å². The highest BCUT2D eigenvalue weighted by molar-refractivity contribution is 6.31. The second-order valence-corrected chi connectivity index (χ2v) is 7.91. The highest BCUT2D eigenvalue weighted by Gasteiger charge is 2.33. The third-order valence-electron chi connectivity index (χ3n) is 4.61. The average molecular weight is 474 g/mol. The molecule has 1 unspecified atom stereocenters. The number of nitrogens with zero attached hydrogens (tertiary/aromatic N) is 1. The molecule has 2 amide bonds. The Morgan fingerprint density at radius 1 is 1.03 bits per heavy atom. The van der Waals surface area contributed by atoms with Crippen LogP contribution in [0.25, 0.3) is 0 Å². The summed E-state index contributed by atoms with van der Waals surface area (Å²) in [5.74, 6) is -1.40. The fraction of sp³-hybridized carbons (Fsp3) is 0.364. The lowest BCUT2D eigenvalue weighted by molar-refractivity contribution is -0.137. The van der Waals surface area contributed by atoms with Crippen LogP contribution >= 0.6 is 11.6 Å². The number of rotatable bonds is 9. The second-order valence-electron chi connectivity index (χ2n) is 7.50. The van der Waals surface area contributed by atoms with Crippen molar-refractivity contribution in [3.05, 3.63) is 64.4 Å². The highest BCUT2D eigenvalue weighted by Crippen LogP contribution is 2.36. The van der Waals surface area contributed by atoms with Gasteiger partial charge in [0.15, 0.2) is 0 Å². The Bertz CT molecular complexity index is 934. The summed E-state index contributed by atoms with van der Waals surface area (Å²) in [5, 5.41) is 4.70. The van der Waals surface area contributed by atoms with E-state index in [0.29, 0.717) is 13.0 Å². The van der Waals surface area contributed by atoms with Crippen molar-refractivity contribution in [2.45, 2.75) is 31.5 Å². The maximum Gasteiger partial charge on any atom is 0.417 e. The zero-order valence-corrected chi connectivity index (χ0v) is 18.4. The molecule has 0 heterocycles. The summed E-state index contributed by atoms with van der Waals surface area (Å²) >= 11 is 5.56. The predicted molar refractivity (Wildman–Crippen MR) is 115 cm³/mol. The smallest absolute Gasteiger partial charge is 0.349 e. The number of anilines is 1. The number of carbonyl (C=O) groups is 2. The van der Waals surface area contributed by atoms with Crippen LogP contribution in [0.5, 0.6) is 0 Å². The molecule has 0 radical (unpaired) electrons. The van der Waals surface area contributed by atoms with Crippen LogP contribution in [-0.2, 0) is 15.8 Å². The molecule has 5 nitrogen and oxygen atoms in total. The maximum absolute atomic E-state index is 13.2. The number of carbonyl (C=O) groups excluding carboxylic acids is 2. The number of hydrogen-bond donors (Lipinski definition) is 2. The van der Waals surface area contributed by atoms with Crippen molar-refractivity contribution in [3.8, 4) is 0 Å². The van der Waals surface area contributed by atoms with Crippen LogP contribution in [0.1, 0.15) is 36.4 Å². The lowest BCUT2D eigenvalue weighted by Crippen LogP contribution is -2.31. The minimum atomic E-state index is -4.65. The van der Waals surface area contributed by atoms with Crippen molar-refractivity contribution in [3.63, 3.8) is 0 Å². The van der Waals surface area contributed by atoms with Gasteiger partial charge in [0.2, 0.25) is 11.8 Å². The molecule has 2 rings (SSSR count).